The first-order valence-electron chi connectivity index (χ1n) is 8.60. The number of carbonyl (C=O) groups excluding carboxylic acids is 2. The minimum absolute atomic E-state index is 0.0710. The lowest BCUT2D eigenvalue weighted by Gasteiger charge is -2.14. The lowest BCUT2D eigenvalue weighted by Crippen LogP contribution is -2.29. The van der Waals surface area contributed by atoms with Crippen molar-refractivity contribution in [3.63, 3.8) is 0 Å². The quantitative estimate of drug-likeness (QED) is 0.302. The number of nitro benzene ring substituents is 1. The number of ether oxygens (including phenoxy) is 3. The lowest BCUT2D eigenvalue weighted by atomic mass is 10.2. The van der Waals surface area contributed by atoms with Gasteiger partial charge in [-0.3, -0.25) is 14.9 Å². The molecule has 0 heterocycles. The van der Waals surface area contributed by atoms with Crippen LogP contribution in [0.25, 0.3) is 6.08 Å². The Balaban J connectivity index is 1.99. The number of anilines is 1. The zero-order valence-electron chi connectivity index (χ0n) is 16.4. The number of amides is 1. The summed E-state index contributed by atoms with van der Waals surface area (Å²) in [5.74, 6) is -1.92. The number of carbonyl (C=O) groups is 2. The molecule has 0 aromatic heterocycles. The number of esters is 1. The molecular weight excluding hydrogens is 399 g/mol. The predicted molar refractivity (Wildman–Crippen MR) is 106 cm³/mol. The molecule has 0 aliphatic carbocycles. The van der Waals surface area contributed by atoms with Crippen molar-refractivity contribution in [1.29, 1.82) is 0 Å². The van der Waals surface area contributed by atoms with Crippen molar-refractivity contribution in [2.24, 2.45) is 0 Å². The van der Waals surface area contributed by atoms with Crippen LogP contribution in [0.5, 0.6) is 11.5 Å². The number of hydrogen-bond donors (Lipinski definition) is 1. The number of methoxy groups -OCH3 is 2. The Bertz CT molecular complexity index is 991. The number of benzene rings is 2. The van der Waals surface area contributed by atoms with E-state index < -0.39 is 28.7 Å². The summed E-state index contributed by atoms with van der Waals surface area (Å²) in [5, 5.41) is 13.3. The van der Waals surface area contributed by atoms with E-state index in [9.17, 15) is 24.1 Å². The molecule has 0 aliphatic rings. The summed E-state index contributed by atoms with van der Waals surface area (Å²) in [5.41, 5.74) is 0.377. The molecule has 1 amide bonds. The Labute approximate surface area is 171 Å². The topological polar surface area (TPSA) is 117 Å². The Morgan fingerprint density at radius 1 is 1.13 bits per heavy atom. The number of non-ortho nitro benzene ring substituents is 1. The largest absolute Gasteiger partial charge is 0.494 e. The molecule has 0 aliphatic heterocycles. The molecule has 0 unspecified atom stereocenters. The molecule has 2 aromatic rings. The van der Waals surface area contributed by atoms with Gasteiger partial charge in [0.15, 0.2) is 17.7 Å². The van der Waals surface area contributed by atoms with E-state index in [1.165, 1.54) is 51.5 Å². The highest BCUT2D eigenvalue weighted by atomic mass is 19.1. The summed E-state index contributed by atoms with van der Waals surface area (Å²) in [6, 6.07) is 7.80. The van der Waals surface area contributed by atoms with Crippen molar-refractivity contribution in [2.45, 2.75) is 13.0 Å². The van der Waals surface area contributed by atoms with Gasteiger partial charge in [-0.05, 0) is 36.8 Å². The molecule has 0 fully saturated rings. The van der Waals surface area contributed by atoms with E-state index in [0.29, 0.717) is 5.56 Å². The molecule has 1 atom stereocenters. The molecule has 2 rings (SSSR count). The van der Waals surface area contributed by atoms with Crippen LogP contribution in [0.15, 0.2) is 42.5 Å². The molecule has 9 nitrogen and oxygen atoms in total. The van der Waals surface area contributed by atoms with Crippen molar-refractivity contribution < 1.29 is 33.1 Å². The summed E-state index contributed by atoms with van der Waals surface area (Å²) in [4.78, 5) is 34.4. The Morgan fingerprint density at radius 2 is 1.83 bits per heavy atom. The fourth-order valence-electron chi connectivity index (χ4n) is 2.35. The predicted octanol–water partition coefficient (Wildman–Crippen LogP) is 3.33. The number of nitrogens with zero attached hydrogens (tertiary/aromatic N) is 1. The van der Waals surface area contributed by atoms with Crippen molar-refractivity contribution in [3.8, 4) is 11.5 Å². The zero-order chi connectivity index (χ0) is 22.3. The van der Waals surface area contributed by atoms with Crippen LogP contribution >= 0.6 is 0 Å². The highest BCUT2D eigenvalue weighted by molar-refractivity contribution is 5.97. The first kappa shape index (κ1) is 22.3. The van der Waals surface area contributed by atoms with Gasteiger partial charge in [0.25, 0.3) is 11.6 Å². The van der Waals surface area contributed by atoms with Crippen LogP contribution in [0.3, 0.4) is 0 Å². The van der Waals surface area contributed by atoms with Crippen LogP contribution in [-0.2, 0) is 14.3 Å². The van der Waals surface area contributed by atoms with Gasteiger partial charge in [0, 0.05) is 12.1 Å². The summed E-state index contributed by atoms with van der Waals surface area (Å²) >= 11 is 0. The molecule has 0 spiro atoms. The Morgan fingerprint density at radius 3 is 2.43 bits per heavy atom. The molecule has 10 heteroatoms. The van der Waals surface area contributed by atoms with E-state index >= 15 is 0 Å². The van der Waals surface area contributed by atoms with Crippen molar-refractivity contribution in [1.82, 2.24) is 0 Å². The van der Waals surface area contributed by atoms with E-state index in [0.717, 1.165) is 12.1 Å². The standard InChI is InChI=1S/C20H19FN2O7/c1-12(20(25)22-16-7-6-14(23(26)27)11-18(16)29-3)30-19(24)9-5-13-4-8-17(28-2)15(21)10-13/h4-12H,1-3H3,(H,22,25)/b9-5+/t12-/m0/s1. The van der Waals surface area contributed by atoms with Crippen molar-refractivity contribution in [3.05, 3.63) is 64.0 Å². The van der Waals surface area contributed by atoms with E-state index in [1.54, 1.807) is 6.07 Å². The van der Waals surface area contributed by atoms with Crippen molar-refractivity contribution in [2.75, 3.05) is 19.5 Å². The third kappa shape index (κ3) is 5.77. The normalized spacial score (nSPS) is 11.6. The minimum Gasteiger partial charge on any atom is -0.494 e. The maximum atomic E-state index is 13.7. The smallest absolute Gasteiger partial charge is 0.331 e. The Kier molecular flexibility index (Phi) is 7.45. The van der Waals surface area contributed by atoms with Gasteiger partial charge < -0.3 is 19.5 Å². The average molecular weight is 418 g/mol. The van der Waals surface area contributed by atoms with E-state index in [2.05, 4.69) is 5.32 Å². The highest BCUT2D eigenvalue weighted by Crippen LogP contribution is 2.29. The third-order valence-electron chi connectivity index (χ3n) is 3.90. The van der Waals surface area contributed by atoms with E-state index in [1.807, 2.05) is 0 Å². The molecule has 0 saturated heterocycles. The summed E-state index contributed by atoms with van der Waals surface area (Å²) < 4.78 is 28.5. The Hall–Kier alpha value is -3.95. The number of nitrogens with one attached hydrogen (secondary N) is 1. The highest BCUT2D eigenvalue weighted by Gasteiger charge is 2.19. The SMILES string of the molecule is COc1ccc(/C=C/C(=O)O[C@@H](C)C(=O)Nc2ccc([N+](=O)[O-])cc2OC)cc1F. The fraction of sp³-hybridized carbons (Fsp3) is 0.200. The van der Waals surface area contributed by atoms with Gasteiger partial charge in [-0.15, -0.1) is 0 Å². The van der Waals surface area contributed by atoms with Crippen LogP contribution in [0.4, 0.5) is 15.8 Å². The van der Waals surface area contributed by atoms with Crippen LogP contribution in [0, 0.1) is 15.9 Å². The molecule has 30 heavy (non-hydrogen) atoms. The first-order chi connectivity index (χ1) is 14.2. The van der Waals surface area contributed by atoms with Crippen molar-refractivity contribution >= 4 is 29.3 Å². The van der Waals surface area contributed by atoms with Crippen LogP contribution < -0.4 is 14.8 Å². The van der Waals surface area contributed by atoms with Gasteiger partial charge >= 0.3 is 5.97 Å². The lowest BCUT2D eigenvalue weighted by molar-refractivity contribution is -0.384. The maximum absolute atomic E-state index is 13.7. The average Bonchev–Trinajstić information content (AvgIpc) is 2.72. The number of nitro groups is 1. The van der Waals surface area contributed by atoms with Gasteiger partial charge in [0.05, 0.1) is 30.9 Å². The molecule has 158 valence electrons. The maximum Gasteiger partial charge on any atom is 0.331 e. The second-order valence-corrected chi connectivity index (χ2v) is 5.94. The van der Waals surface area contributed by atoms with Crippen LogP contribution in [0.2, 0.25) is 0 Å². The number of hydrogen-bond acceptors (Lipinski definition) is 7. The molecule has 0 saturated carbocycles. The van der Waals surface area contributed by atoms with Gasteiger partial charge in [-0.1, -0.05) is 6.07 Å². The third-order valence-corrected chi connectivity index (χ3v) is 3.90. The zero-order valence-corrected chi connectivity index (χ0v) is 16.4. The van der Waals surface area contributed by atoms with Gasteiger partial charge in [-0.25, -0.2) is 9.18 Å². The number of rotatable bonds is 8. The second-order valence-electron chi connectivity index (χ2n) is 5.94. The first-order valence-corrected chi connectivity index (χ1v) is 8.60. The molecular formula is C20H19FN2O7. The molecule has 1 N–H and O–H groups in total. The monoisotopic (exact) mass is 418 g/mol. The number of halogens is 1. The summed E-state index contributed by atoms with van der Waals surface area (Å²) in [7, 11) is 2.63. The molecule has 0 bridgehead atoms. The van der Waals surface area contributed by atoms with Gasteiger partial charge in [-0.2, -0.15) is 0 Å². The van der Waals surface area contributed by atoms with Gasteiger partial charge in [0.1, 0.15) is 5.75 Å². The molecule has 2 aromatic carbocycles. The molecule has 0 radical (unpaired) electrons. The fourth-order valence-corrected chi connectivity index (χ4v) is 2.35. The van der Waals surface area contributed by atoms with E-state index in [-0.39, 0.29) is 22.9 Å². The van der Waals surface area contributed by atoms with Crippen LogP contribution in [0.1, 0.15) is 12.5 Å². The van der Waals surface area contributed by atoms with Gasteiger partial charge in [0.2, 0.25) is 0 Å². The van der Waals surface area contributed by atoms with Crippen LogP contribution in [-0.4, -0.2) is 37.1 Å². The van der Waals surface area contributed by atoms with E-state index in [4.69, 9.17) is 14.2 Å². The summed E-state index contributed by atoms with van der Waals surface area (Å²) in [6.07, 6.45) is 1.21. The minimum atomic E-state index is -1.17. The second kappa shape index (κ2) is 10.0. The summed E-state index contributed by atoms with van der Waals surface area (Å²) in [6.45, 7) is 1.35.